The molecule has 0 amide bonds. The van der Waals surface area contributed by atoms with Crippen LogP contribution >= 0.6 is 0 Å². The van der Waals surface area contributed by atoms with Gasteiger partial charge in [0, 0.05) is 18.3 Å². The fourth-order valence-corrected chi connectivity index (χ4v) is 2.63. The minimum absolute atomic E-state index is 0.426. The second kappa shape index (κ2) is 5.54. The van der Waals surface area contributed by atoms with Crippen LogP contribution in [0.3, 0.4) is 0 Å². The molecule has 94 valence electrons. The Labute approximate surface area is 105 Å². The van der Waals surface area contributed by atoms with E-state index in [4.69, 9.17) is 5.73 Å². The van der Waals surface area contributed by atoms with Gasteiger partial charge in [-0.15, -0.1) is 0 Å². The summed E-state index contributed by atoms with van der Waals surface area (Å²) in [6, 6.07) is 7.02. The molecule has 0 aliphatic heterocycles. The van der Waals surface area contributed by atoms with Crippen LogP contribution < -0.4 is 11.1 Å². The summed E-state index contributed by atoms with van der Waals surface area (Å²) in [7, 11) is 0. The zero-order valence-electron chi connectivity index (χ0n) is 11.0. The van der Waals surface area contributed by atoms with E-state index in [1.54, 1.807) is 0 Å². The van der Waals surface area contributed by atoms with Crippen molar-refractivity contribution in [2.24, 2.45) is 11.7 Å². The normalized spacial score (nSPS) is 24.6. The molecule has 1 aliphatic rings. The quantitative estimate of drug-likeness (QED) is 0.839. The van der Waals surface area contributed by atoms with Crippen molar-refractivity contribution >= 4 is 5.69 Å². The number of nitrogens with one attached hydrogen (secondary N) is 1. The summed E-state index contributed by atoms with van der Waals surface area (Å²) in [6.07, 6.45) is 5.00. The smallest absolute Gasteiger partial charge is 0.0343 e. The molecule has 1 fully saturated rings. The van der Waals surface area contributed by atoms with E-state index in [0.29, 0.717) is 6.04 Å². The fourth-order valence-electron chi connectivity index (χ4n) is 2.63. The third-order valence-electron chi connectivity index (χ3n) is 3.93. The first-order chi connectivity index (χ1) is 8.15. The van der Waals surface area contributed by atoms with Crippen LogP contribution in [0.25, 0.3) is 0 Å². The summed E-state index contributed by atoms with van der Waals surface area (Å²) in [4.78, 5) is 0. The van der Waals surface area contributed by atoms with Crippen LogP contribution in [0.5, 0.6) is 0 Å². The summed E-state index contributed by atoms with van der Waals surface area (Å²) in [5, 5.41) is 3.55. The van der Waals surface area contributed by atoms with Crippen LogP contribution in [-0.4, -0.2) is 12.6 Å². The number of hydrogen-bond donors (Lipinski definition) is 2. The monoisotopic (exact) mass is 232 g/mol. The highest BCUT2D eigenvalue weighted by Gasteiger charge is 2.18. The van der Waals surface area contributed by atoms with Crippen LogP contribution in [-0.2, 0) is 0 Å². The number of rotatable bonds is 3. The van der Waals surface area contributed by atoms with Crippen LogP contribution in [0.15, 0.2) is 18.2 Å². The second-order valence-corrected chi connectivity index (χ2v) is 5.47. The predicted octanol–water partition coefficient (Wildman–Crippen LogP) is 3.23. The average Bonchev–Trinajstić information content (AvgIpc) is 2.31. The Morgan fingerprint density at radius 2 is 2.06 bits per heavy atom. The van der Waals surface area contributed by atoms with Gasteiger partial charge in [0.2, 0.25) is 0 Å². The molecule has 3 N–H and O–H groups in total. The Balaban J connectivity index is 1.86. The molecule has 0 aromatic heterocycles. The largest absolute Gasteiger partial charge is 0.385 e. The maximum Gasteiger partial charge on any atom is 0.0343 e. The zero-order valence-corrected chi connectivity index (χ0v) is 11.0. The summed E-state index contributed by atoms with van der Waals surface area (Å²) in [6.45, 7) is 5.38. The molecule has 0 spiro atoms. The van der Waals surface area contributed by atoms with Gasteiger partial charge in [0.05, 0.1) is 0 Å². The fraction of sp³-hybridized carbons (Fsp3) is 0.600. The van der Waals surface area contributed by atoms with E-state index in [-0.39, 0.29) is 0 Å². The molecule has 2 nitrogen and oxygen atoms in total. The third-order valence-corrected chi connectivity index (χ3v) is 3.93. The van der Waals surface area contributed by atoms with Crippen LogP contribution in [0.4, 0.5) is 5.69 Å². The third kappa shape index (κ3) is 3.47. The molecule has 17 heavy (non-hydrogen) atoms. The average molecular weight is 232 g/mol. The molecule has 2 rings (SSSR count). The number of aryl methyl sites for hydroxylation is 2. The van der Waals surface area contributed by atoms with E-state index in [1.807, 2.05) is 0 Å². The highest BCUT2D eigenvalue weighted by molar-refractivity contribution is 5.48. The predicted molar refractivity (Wildman–Crippen MR) is 74.3 cm³/mol. The molecule has 2 unspecified atom stereocenters. The lowest BCUT2D eigenvalue weighted by atomic mass is 9.86. The molecule has 1 aromatic carbocycles. The maximum atomic E-state index is 6.01. The van der Waals surface area contributed by atoms with Gasteiger partial charge in [0.25, 0.3) is 0 Å². The first kappa shape index (κ1) is 12.4. The van der Waals surface area contributed by atoms with Gasteiger partial charge in [-0.2, -0.15) is 0 Å². The Morgan fingerprint density at radius 3 is 2.76 bits per heavy atom. The molecule has 0 bridgehead atoms. The Bertz CT molecular complexity index is 373. The highest BCUT2D eigenvalue weighted by atomic mass is 14.9. The summed E-state index contributed by atoms with van der Waals surface area (Å²) in [5.74, 6) is 0.750. The number of hydrogen-bond acceptors (Lipinski definition) is 2. The molecular weight excluding hydrogens is 208 g/mol. The van der Waals surface area contributed by atoms with Crippen LogP contribution in [0.1, 0.15) is 36.8 Å². The van der Waals surface area contributed by atoms with Crippen molar-refractivity contribution in [2.75, 3.05) is 11.9 Å². The molecule has 0 radical (unpaired) electrons. The maximum absolute atomic E-state index is 6.01. The molecule has 1 aliphatic carbocycles. The van der Waals surface area contributed by atoms with E-state index in [9.17, 15) is 0 Å². The van der Waals surface area contributed by atoms with Gasteiger partial charge >= 0.3 is 0 Å². The van der Waals surface area contributed by atoms with Gasteiger partial charge in [0.1, 0.15) is 0 Å². The minimum atomic E-state index is 0.426. The van der Waals surface area contributed by atoms with Crippen LogP contribution in [0, 0.1) is 19.8 Å². The van der Waals surface area contributed by atoms with Crippen LogP contribution in [0.2, 0.25) is 0 Å². The highest BCUT2D eigenvalue weighted by Crippen LogP contribution is 2.24. The van der Waals surface area contributed by atoms with Crippen molar-refractivity contribution in [2.45, 2.75) is 45.6 Å². The lowest BCUT2D eigenvalue weighted by Crippen LogP contribution is -2.30. The molecule has 1 saturated carbocycles. The summed E-state index contributed by atoms with van der Waals surface area (Å²) < 4.78 is 0. The second-order valence-electron chi connectivity index (χ2n) is 5.47. The topological polar surface area (TPSA) is 38.0 Å². The Hall–Kier alpha value is -1.02. The Morgan fingerprint density at radius 1 is 1.24 bits per heavy atom. The van der Waals surface area contributed by atoms with Gasteiger partial charge in [-0.25, -0.2) is 0 Å². The van der Waals surface area contributed by atoms with Crippen molar-refractivity contribution < 1.29 is 0 Å². The van der Waals surface area contributed by atoms with Gasteiger partial charge in [-0.05, 0) is 62.3 Å². The molecule has 2 heteroatoms. The molecular formula is C15H24N2. The first-order valence-corrected chi connectivity index (χ1v) is 6.72. The number of anilines is 1. The van der Waals surface area contributed by atoms with Gasteiger partial charge in [-0.3, -0.25) is 0 Å². The van der Waals surface area contributed by atoms with E-state index < -0.39 is 0 Å². The van der Waals surface area contributed by atoms with Crippen molar-refractivity contribution in [1.82, 2.24) is 0 Å². The van der Waals surface area contributed by atoms with E-state index in [1.165, 1.54) is 42.5 Å². The van der Waals surface area contributed by atoms with Gasteiger partial charge in [0.15, 0.2) is 0 Å². The van der Waals surface area contributed by atoms with Gasteiger partial charge in [-0.1, -0.05) is 12.5 Å². The summed E-state index contributed by atoms with van der Waals surface area (Å²) in [5.41, 5.74) is 9.97. The molecule has 0 saturated heterocycles. The van der Waals surface area contributed by atoms with Crippen molar-refractivity contribution in [3.63, 3.8) is 0 Å². The number of nitrogens with two attached hydrogens (primary N) is 1. The van der Waals surface area contributed by atoms with Gasteiger partial charge < -0.3 is 11.1 Å². The lowest BCUT2D eigenvalue weighted by molar-refractivity contribution is 0.335. The zero-order chi connectivity index (χ0) is 12.3. The first-order valence-electron chi connectivity index (χ1n) is 6.72. The SMILES string of the molecule is Cc1ccc(NCC2CCCC(N)C2)cc1C. The Kier molecular flexibility index (Phi) is 4.06. The molecule has 2 atom stereocenters. The van der Waals surface area contributed by atoms with E-state index >= 15 is 0 Å². The van der Waals surface area contributed by atoms with Crippen molar-refractivity contribution in [3.05, 3.63) is 29.3 Å². The molecule has 1 aromatic rings. The minimum Gasteiger partial charge on any atom is -0.385 e. The molecule has 0 heterocycles. The number of benzene rings is 1. The van der Waals surface area contributed by atoms with Crippen molar-refractivity contribution in [1.29, 1.82) is 0 Å². The standard InChI is InChI=1S/C15H24N2/c1-11-6-7-15(8-12(11)2)17-10-13-4-3-5-14(16)9-13/h6-8,13-14,17H,3-5,9-10,16H2,1-2H3. The lowest BCUT2D eigenvalue weighted by Gasteiger charge is -2.27. The van der Waals surface area contributed by atoms with E-state index in [0.717, 1.165) is 12.5 Å². The summed E-state index contributed by atoms with van der Waals surface area (Å²) >= 11 is 0. The van der Waals surface area contributed by atoms with Crippen molar-refractivity contribution in [3.8, 4) is 0 Å². The van der Waals surface area contributed by atoms with E-state index in [2.05, 4.69) is 37.4 Å².